The van der Waals surface area contributed by atoms with Crippen LogP contribution in [0.15, 0.2) is 46.5 Å². The molecule has 0 bridgehead atoms. The Morgan fingerprint density at radius 2 is 1.89 bits per heavy atom. The summed E-state index contributed by atoms with van der Waals surface area (Å²) in [7, 11) is 1.93. The molecular formula is C20H25N3O4S. The second-order valence-electron chi connectivity index (χ2n) is 7.21. The number of hydrogen-bond donors (Lipinski definition) is 0. The molecule has 1 heterocycles. The van der Waals surface area contributed by atoms with Crippen LogP contribution in [0.3, 0.4) is 0 Å². The number of nitrogens with zero attached hydrogens (tertiary/aromatic N) is 3. The van der Waals surface area contributed by atoms with E-state index in [9.17, 15) is 14.3 Å². The number of benzene rings is 1. The average Bonchev–Trinajstić information content (AvgIpc) is 2.72. The van der Waals surface area contributed by atoms with E-state index in [-0.39, 0.29) is 5.69 Å². The standard InChI is InChI=1S/C20H25N3O4S/c1-22(2)17-13-20(28(26)16-8-10-21-11-9-16)19(12-18(17)23(24)25)27-14-15-6-4-3-5-7-15/h8-13,15H,3-7,14H2,1-2H3. The van der Waals surface area contributed by atoms with Crippen molar-refractivity contribution in [3.63, 3.8) is 0 Å². The van der Waals surface area contributed by atoms with Crippen molar-refractivity contribution in [1.82, 2.24) is 4.98 Å². The molecule has 28 heavy (non-hydrogen) atoms. The zero-order valence-corrected chi connectivity index (χ0v) is 17.0. The minimum absolute atomic E-state index is 0.0564. The number of pyridine rings is 1. The van der Waals surface area contributed by atoms with Crippen LogP contribution < -0.4 is 9.64 Å². The summed E-state index contributed by atoms with van der Waals surface area (Å²) in [6.45, 7) is 0.485. The largest absolute Gasteiger partial charge is 0.492 e. The first-order valence-electron chi connectivity index (χ1n) is 9.41. The molecule has 1 aromatic carbocycles. The highest BCUT2D eigenvalue weighted by Gasteiger charge is 2.25. The Morgan fingerprint density at radius 3 is 2.50 bits per heavy atom. The number of nitro benzene ring substituents is 1. The third-order valence-electron chi connectivity index (χ3n) is 4.98. The highest BCUT2D eigenvalue weighted by Crippen LogP contribution is 2.38. The van der Waals surface area contributed by atoms with E-state index in [0.717, 1.165) is 12.8 Å². The zero-order valence-electron chi connectivity index (χ0n) is 16.2. The number of nitro groups is 1. The van der Waals surface area contributed by atoms with Crippen molar-refractivity contribution in [3.05, 3.63) is 46.8 Å². The normalized spacial score (nSPS) is 15.8. The van der Waals surface area contributed by atoms with Crippen molar-refractivity contribution in [3.8, 4) is 5.75 Å². The van der Waals surface area contributed by atoms with Gasteiger partial charge in [0.25, 0.3) is 5.69 Å². The topological polar surface area (TPSA) is 85.6 Å². The first-order valence-corrected chi connectivity index (χ1v) is 10.6. The van der Waals surface area contributed by atoms with E-state index in [0.29, 0.717) is 33.8 Å². The lowest BCUT2D eigenvalue weighted by Gasteiger charge is -2.23. The monoisotopic (exact) mass is 403 g/mol. The Kier molecular flexibility index (Phi) is 6.61. The van der Waals surface area contributed by atoms with E-state index in [1.165, 1.54) is 25.3 Å². The summed E-state index contributed by atoms with van der Waals surface area (Å²) in [5, 5.41) is 11.6. The van der Waals surface area contributed by atoms with Gasteiger partial charge in [-0.25, -0.2) is 4.21 Å². The van der Waals surface area contributed by atoms with Crippen LogP contribution in [0, 0.1) is 16.0 Å². The van der Waals surface area contributed by atoms with Gasteiger partial charge in [-0.15, -0.1) is 0 Å². The molecule has 8 heteroatoms. The molecule has 3 rings (SSSR count). The second-order valence-corrected chi connectivity index (χ2v) is 8.65. The van der Waals surface area contributed by atoms with E-state index in [1.54, 1.807) is 49.6 Å². The third-order valence-corrected chi connectivity index (χ3v) is 6.40. The molecule has 0 aliphatic heterocycles. The van der Waals surface area contributed by atoms with Gasteiger partial charge in [0, 0.05) is 31.4 Å². The van der Waals surface area contributed by atoms with Gasteiger partial charge in [0.05, 0.1) is 33.3 Å². The molecule has 1 unspecified atom stereocenters. The van der Waals surface area contributed by atoms with E-state index < -0.39 is 15.7 Å². The van der Waals surface area contributed by atoms with Gasteiger partial charge in [-0.3, -0.25) is 15.1 Å². The number of rotatable bonds is 7. The Bertz CT molecular complexity index is 852. The molecule has 0 saturated heterocycles. The number of anilines is 1. The minimum Gasteiger partial charge on any atom is -0.492 e. The lowest BCUT2D eigenvalue weighted by Crippen LogP contribution is -2.17. The first kappa shape index (κ1) is 20.3. The predicted octanol–water partition coefficient (Wildman–Crippen LogP) is 4.18. The van der Waals surface area contributed by atoms with Gasteiger partial charge in [0.1, 0.15) is 11.4 Å². The van der Waals surface area contributed by atoms with E-state index >= 15 is 0 Å². The summed E-state index contributed by atoms with van der Waals surface area (Å²) in [4.78, 5) is 17.8. The molecule has 0 N–H and O–H groups in total. The summed E-state index contributed by atoms with van der Waals surface area (Å²) in [5.74, 6) is 0.751. The van der Waals surface area contributed by atoms with Gasteiger partial charge in [0.15, 0.2) is 0 Å². The Labute approximate surface area is 167 Å². The fraction of sp³-hybridized carbons (Fsp3) is 0.450. The smallest absolute Gasteiger partial charge is 0.296 e. The van der Waals surface area contributed by atoms with Gasteiger partial charge >= 0.3 is 0 Å². The zero-order chi connectivity index (χ0) is 20.1. The summed E-state index contributed by atoms with van der Waals surface area (Å²) < 4.78 is 19.2. The van der Waals surface area contributed by atoms with Crippen LogP contribution in [0.5, 0.6) is 5.75 Å². The number of aromatic nitrogens is 1. The highest BCUT2D eigenvalue weighted by molar-refractivity contribution is 7.85. The van der Waals surface area contributed by atoms with Gasteiger partial charge < -0.3 is 9.64 Å². The number of hydrogen-bond acceptors (Lipinski definition) is 6. The van der Waals surface area contributed by atoms with Gasteiger partial charge in [0.2, 0.25) is 0 Å². The average molecular weight is 404 g/mol. The maximum Gasteiger partial charge on any atom is 0.296 e. The SMILES string of the molecule is CN(C)c1cc(S(=O)c2ccncc2)c(OCC2CCCCC2)cc1[N+](=O)[O-]. The van der Waals surface area contributed by atoms with Crippen LogP contribution in [0.2, 0.25) is 0 Å². The quantitative estimate of drug-likeness (QED) is 0.509. The summed E-state index contributed by atoms with van der Waals surface area (Å²) >= 11 is 0. The fourth-order valence-electron chi connectivity index (χ4n) is 3.45. The lowest BCUT2D eigenvalue weighted by molar-refractivity contribution is -0.384. The van der Waals surface area contributed by atoms with Crippen molar-refractivity contribution >= 4 is 22.2 Å². The van der Waals surface area contributed by atoms with Crippen molar-refractivity contribution in [1.29, 1.82) is 0 Å². The third kappa shape index (κ3) is 4.67. The molecule has 0 amide bonds. The molecule has 1 fully saturated rings. The number of ether oxygens (including phenoxy) is 1. The van der Waals surface area contributed by atoms with Crippen molar-refractivity contribution in [2.45, 2.75) is 41.9 Å². The Balaban J connectivity index is 1.99. The summed E-state index contributed by atoms with van der Waals surface area (Å²) in [6.07, 6.45) is 8.97. The maximum absolute atomic E-state index is 13.2. The van der Waals surface area contributed by atoms with Crippen LogP contribution in [0.25, 0.3) is 0 Å². The van der Waals surface area contributed by atoms with E-state index in [4.69, 9.17) is 4.74 Å². The molecule has 0 radical (unpaired) electrons. The van der Waals surface area contributed by atoms with Crippen LogP contribution >= 0.6 is 0 Å². The summed E-state index contributed by atoms with van der Waals surface area (Å²) in [6, 6.07) is 6.37. The fourth-order valence-corrected chi connectivity index (χ4v) is 4.59. The van der Waals surface area contributed by atoms with Gasteiger partial charge in [-0.05, 0) is 37.0 Å². The molecule has 7 nitrogen and oxygen atoms in total. The highest BCUT2D eigenvalue weighted by atomic mass is 32.2. The van der Waals surface area contributed by atoms with Gasteiger partial charge in [-0.1, -0.05) is 19.3 Å². The molecular weight excluding hydrogens is 378 g/mol. The van der Waals surface area contributed by atoms with Crippen LogP contribution in [0.1, 0.15) is 32.1 Å². The van der Waals surface area contributed by atoms with Crippen molar-refractivity contribution in [2.24, 2.45) is 5.92 Å². The van der Waals surface area contributed by atoms with Crippen LogP contribution in [0.4, 0.5) is 11.4 Å². The van der Waals surface area contributed by atoms with Crippen LogP contribution in [-0.2, 0) is 10.8 Å². The molecule has 1 aromatic heterocycles. The molecule has 1 aliphatic carbocycles. The molecule has 0 spiro atoms. The van der Waals surface area contributed by atoms with Gasteiger partial charge in [-0.2, -0.15) is 0 Å². The van der Waals surface area contributed by atoms with E-state index in [1.807, 2.05) is 0 Å². The predicted molar refractivity (Wildman–Crippen MR) is 108 cm³/mol. The minimum atomic E-state index is -1.53. The molecule has 1 aliphatic rings. The molecule has 1 saturated carbocycles. The Morgan fingerprint density at radius 1 is 1.21 bits per heavy atom. The van der Waals surface area contributed by atoms with Crippen molar-refractivity contribution in [2.75, 3.05) is 25.6 Å². The molecule has 150 valence electrons. The maximum atomic E-state index is 13.2. The van der Waals surface area contributed by atoms with E-state index in [2.05, 4.69) is 4.98 Å². The summed E-state index contributed by atoms with van der Waals surface area (Å²) in [5.41, 5.74) is 0.339. The molecule has 2 aromatic rings. The van der Waals surface area contributed by atoms with Crippen molar-refractivity contribution < 1.29 is 13.9 Å². The Hall–Kier alpha value is -2.48. The second kappa shape index (κ2) is 9.14. The lowest BCUT2D eigenvalue weighted by atomic mass is 9.90. The van der Waals surface area contributed by atoms with Crippen LogP contribution in [-0.4, -0.2) is 34.8 Å². The first-order chi connectivity index (χ1) is 13.5. The molecule has 1 atom stereocenters.